The van der Waals surface area contributed by atoms with E-state index < -0.39 is 23.3 Å². The van der Waals surface area contributed by atoms with Crippen LogP contribution < -0.4 is 4.90 Å². The predicted octanol–water partition coefficient (Wildman–Crippen LogP) is 5.13. The number of ether oxygens (including phenoxy) is 2. The highest BCUT2D eigenvalue weighted by Crippen LogP contribution is 2.40. The largest absolute Gasteiger partial charge is 0.443 e. The molecule has 0 fully saturated rings. The molecule has 6 heteroatoms. The molecule has 2 aromatic carbocycles. The fourth-order valence-corrected chi connectivity index (χ4v) is 4.39. The average molecular weight is 476 g/mol. The van der Waals surface area contributed by atoms with Crippen molar-refractivity contribution in [2.24, 2.45) is 0 Å². The Balaban J connectivity index is 1.94. The van der Waals surface area contributed by atoms with E-state index >= 15 is 0 Å². The number of hydrogen-bond acceptors (Lipinski definition) is 4. The van der Waals surface area contributed by atoms with Crippen LogP contribution in [0.1, 0.15) is 38.3 Å². The summed E-state index contributed by atoms with van der Waals surface area (Å²) in [5.41, 5.74) is 1.03. The molecule has 1 N–H and O–H groups in total. The van der Waals surface area contributed by atoms with Gasteiger partial charge in [-0.25, -0.2) is 4.79 Å². The lowest BCUT2D eigenvalue weighted by molar-refractivity contribution is -0.0559. The number of halogens is 1. The van der Waals surface area contributed by atoms with Crippen molar-refractivity contribution in [2.75, 3.05) is 18.6 Å². The van der Waals surface area contributed by atoms with E-state index in [-0.39, 0.29) is 6.61 Å². The number of carbonyl (C=O) groups is 1. The molecule has 1 aliphatic rings. The summed E-state index contributed by atoms with van der Waals surface area (Å²) in [5.74, 6) is 0. The zero-order valence-corrected chi connectivity index (χ0v) is 19.6. The van der Waals surface area contributed by atoms with E-state index in [1.165, 1.54) is 0 Å². The molecular weight excluding hydrogens is 446 g/mol. The van der Waals surface area contributed by atoms with E-state index in [4.69, 9.17) is 9.47 Å². The Kier molecular flexibility index (Phi) is 6.90. The summed E-state index contributed by atoms with van der Waals surface area (Å²) in [6.45, 7) is 5.65. The molecule has 0 aromatic heterocycles. The summed E-state index contributed by atoms with van der Waals surface area (Å²) < 4.78 is 12.1. The molecule has 0 saturated carbocycles. The summed E-state index contributed by atoms with van der Waals surface area (Å²) in [6.07, 6.45) is 1.22. The molecular formula is C24H30BrNO4. The number of aryl methyl sites for hydroxylation is 1. The fourth-order valence-electron chi connectivity index (χ4n) is 3.98. The van der Waals surface area contributed by atoms with Crippen molar-refractivity contribution >= 4 is 27.7 Å². The SMILES string of the molecule is COC[C@@](O)(CCc1ccccc1)[C@@H]1Cc2cc(Br)ccc2N1C(=O)OC(C)(C)C. The quantitative estimate of drug-likeness (QED) is 0.629. The molecule has 162 valence electrons. The Morgan fingerprint density at radius 2 is 1.90 bits per heavy atom. The Labute approximate surface area is 187 Å². The van der Waals surface area contributed by atoms with Crippen molar-refractivity contribution in [1.29, 1.82) is 0 Å². The van der Waals surface area contributed by atoms with E-state index in [9.17, 15) is 9.90 Å². The predicted molar refractivity (Wildman–Crippen MR) is 122 cm³/mol. The lowest BCUT2D eigenvalue weighted by atomic mass is 9.86. The van der Waals surface area contributed by atoms with Gasteiger partial charge in [0.2, 0.25) is 0 Å². The molecule has 0 spiro atoms. The summed E-state index contributed by atoms with van der Waals surface area (Å²) >= 11 is 3.51. The number of anilines is 1. The van der Waals surface area contributed by atoms with Gasteiger partial charge in [-0.1, -0.05) is 46.3 Å². The van der Waals surface area contributed by atoms with Gasteiger partial charge >= 0.3 is 6.09 Å². The molecule has 1 heterocycles. The molecule has 30 heavy (non-hydrogen) atoms. The molecule has 1 aliphatic heterocycles. The number of rotatable bonds is 6. The van der Waals surface area contributed by atoms with Crippen molar-refractivity contribution < 1.29 is 19.4 Å². The van der Waals surface area contributed by atoms with Crippen LogP contribution in [0, 0.1) is 0 Å². The van der Waals surface area contributed by atoms with E-state index in [2.05, 4.69) is 15.9 Å². The molecule has 3 rings (SSSR count). The highest BCUT2D eigenvalue weighted by atomic mass is 79.9. The second-order valence-corrected chi connectivity index (χ2v) is 9.78. The molecule has 2 atom stereocenters. The van der Waals surface area contributed by atoms with Gasteiger partial charge in [0.05, 0.1) is 18.3 Å². The first-order valence-electron chi connectivity index (χ1n) is 10.2. The standard InChI is InChI=1S/C24H30BrNO4/c1-23(2,3)30-22(27)26-20-11-10-19(25)14-18(20)15-21(26)24(28,16-29-4)13-12-17-8-6-5-7-9-17/h5-11,14,21,28H,12-13,15-16H2,1-4H3/t21-,24-/m0/s1. The van der Waals surface area contributed by atoms with Crippen molar-refractivity contribution in [3.05, 3.63) is 64.1 Å². The second-order valence-electron chi connectivity index (χ2n) is 8.87. The van der Waals surface area contributed by atoms with E-state index in [0.717, 1.165) is 21.3 Å². The lowest BCUT2D eigenvalue weighted by Crippen LogP contribution is -2.57. The van der Waals surface area contributed by atoms with Crippen LogP contribution in [0.15, 0.2) is 53.0 Å². The van der Waals surface area contributed by atoms with Crippen LogP contribution in [-0.2, 0) is 22.3 Å². The van der Waals surface area contributed by atoms with Crippen LogP contribution in [0.3, 0.4) is 0 Å². The van der Waals surface area contributed by atoms with Gasteiger partial charge in [0.15, 0.2) is 0 Å². The average Bonchev–Trinajstić information content (AvgIpc) is 3.05. The van der Waals surface area contributed by atoms with Gasteiger partial charge in [-0.05, 0) is 69.4 Å². The van der Waals surface area contributed by atoms with Crippen LogP contribution in [0.5, 0.6) is 0 Å². The Morgan fingerprint density at radius 3 is 2.53 bits per heavy atom. The third-order valence-corrected chi connectivity index (χ3v) is 5.81. The Morgan fingerprint density at radius 1 is 1.20 bits per heavy atom. The smallest absolute Gasteiger partial charge is 0.415 e. The summed E-state index contributed by atoms with van der Waals surface area (Å²) in [6, 6.07) is 15.3. The highest BCUT2D eigenvalue weighted by Gasteiger charge is 2.48. The Hall–Kier alpha value is -1.89. The van der Waals surface area contributed by atoms with Gasteiger partial charge in [0.1, 0.15) is 11.2 Å². The molecule has 0 radical (unpaired) electrons. The lowest BCUT2D eigenvalue weighted by Gasteiger charge is -2.39. The third-order valence-electron chi connectivity index (χ3n) is 5.32. The van der Waals surface area contributed by atoms with Gasteiger partial charge in [0.25, 0.3) is 0 Å². The number of hydrogen-bond donors (Lipinski definition) is 1. The van der Waals surface area contributed by atoms with Crippen molar-refractivity contribution in [2.45, 2.75) is 57.3 Å². The molecule has 0 bridgehead atoms. The van der Waals surface area contributed by atoms with Gasteiger partial charge < -0.3 is 14.6 Å². The van der Waals surface area contributed by atoms with Crippen LogP contribution in [0.25, 0.3) is 0 Å². The van der Waals surface area contributed by atoms with Crippen LogP contribution in [0.4, 0.5) is 10.5 Å². The van der Waals surface area contributed by atoms with Crippen LogP contribution >= 0.6 is 15.9 Å². The molecule has 5 nitrogen and oxygen atoms in total. The topological polar surface area (TPSA) is 59.0 Å². The van der Waals surface area contributed by atoms with Crippen LogP contribution in [-0.4, -0.2) is 42.2 Å². The first-order chi connectivity index (χ1) is 14.1. The maximum absolute atomic E-state index is 13.2. The monoisotopic (exact) mass is 475 g/mol. The number of carbonyl (C=O) groups excluding carboxylic acids is 1. The maximum Gasteiger partial charge on any atom is 0.415 e. The van der Waals surface area contributed by atoms with Crippen LogP contribution in [0.2, 0.25) is 0 Å². The highest BCUT2D eigenvalue weighted by molar-refractivity contribution is 9.10. The number of benzene rings is 2. The van der Waals surface area contributed by atoms with Crippen molar-refractivity contribution in [1.82, 2.24) is 0 Å². The maximum atomic E-state index is 13.2. The Bertz CT molecular complexity index is 881. The fraction of sp³-hybridized carbons (Fsp3) is 0.458. The summed E-state index contributed by atoms with van der Waals surface area (Å²) in [7, 11) is 1.57. The van der Waals surface area contributed by atoms with E-state index in [0.29, 0.717) is 19.3 Å². The normalized spacial score (nSPS) is 18.1. The van der Waals surface area contributed by atoms with Gasteiger partial charge in [0, 0.05) is 11.6 Å². The number of fused-ring (bicyclic) bond motifs is 1. The molecule has 2 aromatic rings. The first kappa shape index (κ1) is 22.8. The van der Waals surface area contributed by atoms with E-state index in [1.54, 1.807) is 12.0 Å². The van der Waals surface area contributed by atoms with Gasteiger partial charge in [-0.15, -0.1) is 0 Å². The number of nitrogens with zero attached hydrogens (tertiary/aromatic N) is 1. The zero-order chi connectivity index (χ0) is 21.9. The second kappa shape index (κ2) is 9.08. The minimum atomic E-state index is -1.23. The van der Waals surface area contributed by atoms with Crippen molar-refractivity contribution in [3.8, 4) is 0 Å². The number of aliphatic hydroxyl groups is 1. The molecule has 0 unspecified atom stereocenters. The number of methoxy groups -OCH3 is 1. The minimum absolute atomic E-state index is 0.124. The summed E-state index contributed by atoms with van der Waals surface area (Å²) in [4.78, 5) is 14.8. The molecule has 0 saturated heterocycles. The number of amides is 1. The van der Waals surface area contributed by atoms with E-state index in [1.807, 2.05) is 69.3 Å². The zero-order valence-electron chi connectivity index (χ0n) is 18.0. The molecule has 0 aliphatic carbocycles. The third kappa shape index (κ3) is 5.23. The van der Waals surface area contributed by atoms with Crippen molar-refractivity contribution in [3.63, 3.8) is 0 Å². The minimum Gasteiger partial charge on any atom is -0.443 e. The molecule has 1 amide bonds. The summed E-state index contributed by atoms with van der Waals surface area (Å²) in [5, 5.41) is 11.7. The first-order valence-corrected chi connectivity index (χ1v) is 11.0. The van der Waals surface area contributed by atoms with Gasteiger partial charge in [-0.3, -0.25) is 4.90 Å². The van der Waals surface area contributed by atoms with Gasteiger partial charge in [-0.2, -0.15) is 0 Å².